The van der Waals surface area contributed by atoms with Crippen molar-refractivity contribution < 1.29 is 19.1 Å². The number of hydrogen-bond donors (Lipinski definition) is 2. The first-order valence-electron chi connectivity index (χ1n) is 13.3. The number of unbranched alkanes of at least 4 members (excludes halogenated alkanes) is 2. The third-order valence-electron chi connectivity index (χ3n) is 5.65. The lowest BCUT2D eigenvalue weighted by Gasteiger charge is -2.37. The number of nitrogens with one attached hydrogen (secondary N) is 2. The quantitative estimate of drug-likeness (QED) is 0.375. The van der Waals surface area contributed by atoms with Crippen LogP contribution in [0.3, 0.4) is 0 Å². The SMILES string of the molecule is CCCCCN(C(=O)C(NC(=O)OC(C)(C)C)C(C)C)C(C(=O)NC(C)(C)C)c1ccc(CC)cc1. The normalized spacial score (nSPS) is 13.6. The van der Waals surface area contributed by atoms with Crippen LogP contribution in [-0.4, -0.2) is 46.5 Å². The van der Waals surface area contributed by atoms with Gasteiger partial charge in [-0.25, -0.2) is 4.79 Å². The van der Waals surface area contributed by atoms with Gasteiger partial charge in [0.25, 0.3) is 0 Å². The van der Waals surface area contributed by atoms with Crippen LogP contribution < -0.4 is 10.6 Å². The maximum absolute atomic E-state index is 14.1. The number of rotatable bonds is 11. The minimum absolute atomic E-state index is 0.201. The second-order valence-corrected chi connectivity index (χ2v) is 11.8. The van der Waals surface area contributed by atoms with Crippen molar-refractivity contribution >= 4 is 17.9 Å². The maximum atomic E-state index is 14.1. The number of nitrogens with zero attached hydrogens (tertiary/aromatic N) is 1. The standard InChI is InChI=1S/C29H49N3O4/c1-11-13-14-19-32(26(34)23(20(3)4)30-27(35)36-29(8,9)10)24(25(33)31-28(5,6)7)22-17-15-21(12-2)16-18-22/h15-18,20,23-24H,11-14,19H2,1-10H3,(H,30,35)(H,31,33). The van der Waals surface area contributed by atoms with Gasteiger partial charge in [-0.3, -0.25) is 9.59 Å². The van der Waals surface area contributed by atoms with Crippen LogP contribution in [0.4, 0.5) is 4.79 Å². The molecule has 36 heavy (non-hydrogen) atoms. The molecule has 1 aromatic carbocycles. The summed E-state index contributed by atoms with van der Waals surface area (Å²) < 4.78 is 5.43. The molecule has 7 heteroatoms. The lowest BCUT2D eigenvalue weighted by atomic mass is 9.96. The highest BCUT2D eigenvalue weighted by Crippen LogP contribution is 2.26. The van der Waals surface area contributed by atoms with E-state index >= 15 is 0 Å². The summed E-state index contributed by atoms with van der Waals surface area (Å²) >= 11 is 0. The van der Waals surface area contributed by atoms with E-state index in [0.29, 0.717) is 6.54 Å². The Labute approximate surface area is 218 Å². The van der Waals surface area contributed by atoms with Crippen LogP contribution in [0.5, 0.6) is 0 Å². The molecule has 0 saturated heterocycles. The summed E-state index contributed by atoms with van der Waals surface area (Å²) in [5, 5.41) is 5.84. The van der Waals surface area contributed by atoms with Gasteiger partial charge in [-0.2, -0.15) is 0 Å². The number of carbonyl (C=O) groups is 3. The summed E-state index contributed by atoms with van der Waals surface area (Å²) in [5.41, 5.74) is 0.747. The predicted octanol–water partition coefficient (Wildman–Crippen LogP) is 5.77. The Morgan fingerprint density at radius 3 is 1.97 bits per heavy atom. The van der Waals surface area contributed by atoms with Crippen molar-refractivity contribution in [3.05, 3.63) is 35.4 Å². The molecule has 7 nitrogen and oxygen atoms in total. The Morgan fingerprint density at radius 2 is 1.53 bits per heavy atom. The smallest absolute Gasteiger partial charge is 0.408 e. The van der Waals surface area contributed by atoms with Gasteiger partial charge in [0.2, 0.25) is 11.8 Å². The van der Waals surface area contributed by atoms with E-state index in [1.54, 1.807) is 25.7 Å². The molecule has 0 radical (unpaired) electrons. The summed E-state index contributed by atoms with van der Waals surface area (Å²) in [6.45, 7) is 19.5. The van der Waals surface area contributed by atoms with Gasteiger partial charge < -0.3 is 20.3 Å². The van der Waals surface area contributed by atoms with Crippen LogP contribution in [0.1, 0.15) is 106 Å². The van der Waals surface area contributed by atoms with Gasteiger partial charge in [0.1, 0.15) is 17.7 Å². The number of hydrogen-bond acceptors (Lipinski definition) is 4. The zero-order valence-electron chi connectivity index (χ0n) is 24.2. The van der Waals surface area contributed by atoms with Crippen LogP contribution >= 0.6 is 0 Å². The topological polar surface area (TPSA) is 87.7 Å². The minimum atomic E-state index is -0.832. The van der Waals surface area contributed by atoms with Crippen LogP contribution in [0.2, 0.25) is 0 Å². The number of aryl methyl sites for hydroxylation is 1. The Hall–Kier alpha value is -2.57. The molecule has 0 heterocycles. The van der Waals surface area contributed by atoms with Crippen molar-refractivity contribution in [3.8, 4) is 0 Å². The Bertz CT molecular complexity index is 851. The van der Waals surface area contributed by atoms with Gasteiger partial charge in [0, 0.05) is 12.1 Å². The third-order valence-corrected chi connectivity index (χ3v) is 5.65. The highest BCUT2D eigenvalue weighted by Gasteiger charge is 2.38. The summed E-state index contributed by atoms with van der Waals surface area (Å²) in [7, 11) is 0. The van der Waals surface area contributed by atoms with Gasteiger partial charge in [-0.05, 0) is 71.4 Å². The van der Waals surface area contributed by atoms with Gasteiger partial charge in [0.05, 0.1) is 0 Å². The fourth-order valence-electron chi connectivity index (χ4n) is 3.87. The van der Waals surface area contributed by atoms with Crippen molar-refractivity contribution in [2.24, 2.45) is 5.92 Å². The molecule has 0 aliphatic rings. The molecule has 0 aliphatic carbocycles. The van der Waals surface area contributed by atoms with Crippen LogP contribution in [0.25, 0.3) is 0 Å². The Kier molecular flexibility index (Phi) is 11.9. The molecular weight excluding hydrogens is 454 g/mol. The average Bonchev–Trinajstić information content (AvgIpc) is 2.74. The first-order chi connectivity index (χ1) is 16.6. The van der Waals surface area contributed by atoms with Crippen molar-refractivity contribution in [1.82, 2.24) is 15.5 Å². The number of ether oxygens (including phenoxy) is 1. The Balaban J connectivity index is 3.50. The lowest BCUT2D eigenvalue weighted by Crippen LogP contribution is -2.56. The molecule has 0 aliphatic heterocycles. The van der Waals surface area contributed by atoms with Crippen LogP contribution in [0.15, 0.2) is 24.3 Å². The first kappa shape index (κ1) is 31.5. The molecular formula is C29H49N3O4. The number of alkyl carbamates (subject to hydrolysis) is 1. The minimum Gasteiger partial charge on any atom is -0.444 e. The fraction of sp³-hybridized carbons (Fsp3) is 0.690. The van der Waals surface area contributed by atoms with E-state index in [1.165, 1.54) is 0 Å². The Morgan fingerprint density at radius 1 is 0.944 bits per heavy atom. The lowest BCUT2D eigenvalue weighted by molar-refractivity contribution is -0.144. The fourth-order valence-corrected chi connectivity index (χ4v) is 3.87. The molecule has 0 spiro atoms. The molecule has 2 atom stereocenters. The summed E-state index contributed by atoms with van der Waals surface area (Å²) in [4.78, 5) is 42.0. The number of carbonyl (C=O) groups excluding carboxylic acids is 3. The van der Waals surface area contributed by atoms with Crippen molar-refractivity contribution in [2.75, 3.05) is 6.54 Å². The third kappa shape index (κ3) is 10.6. The molecule has 2 N–H and O–H groups in total. The molecule has 0 aromatic heterocycles. The van der Waals surface area contributed by atoms with E-state index in [0.717, 1.165) is 36.8 Å². The molecule has 1 rings (SSSR count). The van der Waals surface area contributed by atoms with E-state index in [4.69, 9.17) is 4.74 Å². The average molecular weight is 504 g/mol. The van der Waals surface area contributed by atoms with E-state index in [2.05, 4.69) is 24.5 Å². The highest BCUT2D eigenvalue weighted by atomic mass is 16.6. The molecule has 204 valence electrons. The molecule has 3 amide bonds. The van der Waals surface area contributed by atoms with Crippen LogP contribution in [-0.2, 0) is 20.7 Å². The number of benzene rings is 1. The first-order valence-corrected chi connectivity index (χ1v) is 13.3. The van der Waals surface area contributed by atoms with Crippen molar-refractivity contribution in [1.29, 1.82) is 0 Å². The van der Waals surface area contributed by atoms with Crippen molar-refractivity contribution in [2.45, 2.75) is 118 Å². The molecule has 2 unspecified atom stereocenters. The van der Waals surface area contributed by atoms with Gasteiger partial charge in [0.15, 0.2) is 0 Å². The summed E-state index contributed by atoms with van der Waals surface area (Å²) in [5.74, 6) is -0.732. The van der Waals surface area contributed by atoms with Gasteiger partial charge in [-0.1, -0.05) is 64.8 Å². The zero-order chi connectivity index (χ0) is 27.7. The summed E-state index contributed by atoms with van der Waals surface area (Å²) in [6, 6.07) is 6.21. The van der Waals surface area contributed by atoms with Crippen molar-refractivity contribution in [3.63, 3.8) is 0 Å². The maximum Gasteiger partial charge on any atom is 0.408 e. The van der Waals surface area contributed by atoms with E-state index in [9.17, 15) is 14.4 Å². The van der Waals surface area contributed by atoms with Gasteiger partial charge in [-0.15, -0.1) is 0 Å². The second-order valence-electron chi connectivity index (χ2n) is 11.8. The van der Waals surface area contributed by atoms with E-state index in [1.807, 2.05) is 58.9 Å². The van der Waals surface area contributed by atoms with Crippen LogP contribution in [0, 0.1) is 5.92 Å². The molecule has 0 saturated carbocycles. The zero-order valence-corrected chi connectivity index (χ0v) is 24.2. The molecule has 1 aromatic rings. The second kappa shape index (κ2) is 13.7. The largest absolute Gasteiger partial charge is 0.444 e. The molecule has 0 fully saturated rings. The number of amides is 3. The summed E-state index contributed by atoms with van der Waals surface area (Å²) in [6.07, 6.45) is 2.90. The van der Waals surface area contributed by atoms with E-state index < -0.39 is 29.3 Å². The van der Waals surface area contributed by atoms with E-state index in [-0.39, 0.29) is 17.7 Å². The van der Waals surface area contributed by atoms with Gasteiger partial charge >= 0.3 is 6.09 Å². The molecule has 0 bridgehead atoms. The predicted molar refractivity (Wildman–Crippen MR) is 146 cm³/mol. The monoisotopic (exact) mass is 503 g/mol. The highest BCUT2D eigenvalue weighted by molar-refractivity contribution is 5.92.